The van der Waals surface area contributed by atoms with E-state index in [0.717, 1.165) is 8.04 Å². The molecule has 0 atom stereocenters. The van der Waals surface area contributed by atoms with Gasteiger partial charge in [-0.3, -0.25) is 10.1 Å². The quantitative estimate of drug-likeness (QED) is 0.447. The zero-order chi connectivity index (χ0) is 9.30. The molecule has 0 saturated heterocycles. The Morgan fingerprint density at radius 2 is 2.17 bits per heavy atom. The van der Waals surface area contributed by atoms with Crippen molar-refractivity contribution in [1.29, 1.82) is 0 Å². The lowest BCUT2D eigenvalue weighted by Crippen LogP contribution is -1.93. The maximum atomic E-state index is 10.5. The van der Waals surface area contributed by atoms with Crippen molar-refractivity contribution in [3.05, 3.63) is 35.9 Å². The van der Waals surface area contributed by atoms with E-state index in [-0.39, 0.29) is 10.6 Å². The van der Waals surface area contributed by atoms with Gasteiger partial charge in [0.1, 0.15) is 0 Å². The molecule has 0 bridgehead atoms. The molecule has 0 radical (unpaired) electrons. The van der Waals surface area contributed by atoms with E-state index in [1.165, 1.54) is 6.07 Å². The summed E-state index contributed by atoms with van der Waals surface area (Å²) in [4.78, 5) is 10.1. The zero-order valence-corrected chi connectivity index (χ0v) is 9.92. The first-order chi connectivity index (χ1) is 5.52. The molecular weight excluding hydrogens is 337 g/mol. The van der Waals surface area contributed by atoms with Crippen LogP contribution in [0, 0.1) is 20.6 Å². The van der Waals surface area contributed by atoms with Gasteiger partial charge in [-0.1, -0.05) is 15.9 Å². The molecule has 1 aromatic rings. The highest BCUT2D eigenvalue weighted by Crippen LogP contribution is 2.27. The molecule has 12 heavy (non-hydrogen) atoms. The highest BCUT2D eigenvalue weighted by Gasteiger charge is 2.13. The molecular formula is C7H5BrINO2. The smallest absolute Gasteiger partial charge is 0.258 e. The summed E-state index contributed by atoms with van der Waals surface area (Å²) in [6, 6.07) is 3.36. The molecule has 64 valence electrons. The van der Waals surface area contributed by atoms with E-state index in [2.05, 4.69) is 38.5 Å². The highest BCUT2D eigenvalue weighted by molar-refractivity contribution is 14.1. The van der Waals surface area contributed by atoms with Crippen molar-refractivity contribution in [1.82, 2.24) is 0 Å². The fraction of sp³-hybridized carbons (Fsp3) is 0.143. The van der Waals surface area contributed by atoms with Crippen molar-refractivity contribution < 1.29 is 4.92 Å². The minimum absolute atomic E-state index is 0.161. The first kappa shape index (κ1) is 9.91. The molecule has 1 rings (SSSR count). The van der Waals surface area contributed by atoms with Crippen molar-refractivity contribution >= 4 is 44.2 Å². The van der Waals surface area contributed by atoms with Gasteiger partial charge in [-0.05, 0) is 35.6 Å². The van der Waals surface area contributed by atoms with Gasteiger partial charge in [-0.25, -0.2) is 0 Å². The van der Waals surface area contributed by atoms with Gasteiger partial charge in [-0.2, -0.15) is 0 Å². The Bertz CT molecular complexity index is 340. The molecule has 3 nitrogen and oxygen atoms in total. The largest absolute Gasteiger partial charge is 0.274 e. The van der Waals surface area contributed by atoms with Crippen molar-refractivity contribution in [2.24, 2.45) is 0 Å². The van der Waals surface area contributed by atoms with Gasteiger partial charge in [0, 0.05) is 19.7 Å². The highest BCUT2D eigenvalue weighted by atomic mass is 127. The van der Waals surface area contributed by atoms with E-state index in [0.29, 0.717) is 5.56 Å². The molecule has 0 aromatic heterocycles. The summed E-state index contributed by atoms with van der Waals surface area (Å²) >= 11 is 5.28. The third-order valence-electron chi connectivity index (χ3n) is 1.48. The molecule has 0 amide bonds. The summed E-state index contributed by atoms with van der Waals surface area (Å²) in [5.74, 6) is 0. The Balaban J connectivity index is 3.37. The van der Waals surface area contributed by atoms with Crippen molar-refractivity contribution in [3.63, 3.8) is 0 Å². The van der Waals surface area contributed by atoms with Crippen LogP contribution < -0.4 is 0 Å². The van der Waals surface area contributed by atoms with E-state index in [4.69, 9.17) is 0 Å². The normalized spacial score (nSPS) is 9.92. The molecule has 0 aliphatic carbocycles. The van der Waals surface area contributed by atoms with Crippen LogP contribution in [0.4, 0.5) is 5.69 Å². The number of hydrogen-bond acceptors (Lipinski definition) is 2. The topological polar surface area (TPSA) is 43.1 Å². The van der Waals surface area contributed by atoms with Gasteiger partial charge >= 0.3 is 0 Å². The fourth-order valence-electron chi connectivity index (χ4n) is 0.822. The van der Waals surface area contributed by atoms with Crippen LogP contribution in [0.25, 0.3) is 0 Å². The molecule has 5 heteroatoms. The second-order valence-corrected chi connectivity index (χ2v) is 4.37. The predicted octanol–water partition coefficient (Wildman–Crippen LogP) is 3.27. The molecule has 0 aliphatic heterocycles. The number of benzene rings is 1. The molecule has 0 spiro atoms. The van der Waals surface area contributed by atoms with Gasteiger partial charge in [-0.15, -0.1) is 0 Å². The minimum atomic E-state index is -0.373. The maximum absolute atomic E-state index is 10.5. The lowest BCUT2D eigenvalue weighted by molar-refractivity contribution is -0.385. The van der Waals surface area contributed by atoms with Crippen LogP contribution in [0.2, 0.25) is 0 Å². The summed E-state index contributed by atoms with van der Waals surface area (Å²) in [7, 11) is 0. The van der Waals surface area contributed by atoms with E-state index in [1.807, 2.05) is 6.07 Å². The van der Waals surface area contributed by atoms with Crippen LogP contribution in [-0.2, 0) is 0 Å². The number of halogens is 2. The van der Waals surface area contributed by atoms with E-state index >= 15 is 0 Å². The van der Waals surface area contributed by atoms with Crippen molar-refractivity contribution in [2.75, 3.05) is 0 Å². The summed E-state index contributed by atoms with van der Waals surface area (Å²) in [6.07, 6.45) is 0. The average Bonchev–Trinajstić information content (AvgIpc) is 1.96. The Labute approximate surface area is 91.6 Å². The summed E-state index contributed by atoms with van der Waals surface area (Å²) in [5, 5.41) is 10.5. The number of nitrogens with zero attached hydrogens (tertiary/aromatic N) is 1. The van der Waals surface area contributed by atoms with Crippen molar-refractivity contribution in [3.8, 4) is 0 Å². The number of nitro groups is 1. The average molecular weight is 342 g/mol. The molecule has 0 heterocycles. The monoisotopic (exact) mass is 341 g/mol. The third-order valence-corrected chi connectivity index (χ3v) is 3.06. The molecule has 0 N–H and O–H groups in total. The maximum Gasteiger partial charge on any atom is 0.274 e. The minimum Gasteiger partial charge on any atom is -0.258 e. The molecule has 0 aliphatic rings. The summed E-state index contributed by atoms with van der Waals surface area (Å²) in [5.41, 5.74) is 0.873. The Kier molecular flexibility index (Phi) is 3.05. The third kappa shape index (κ3) is 1.95. The van der Waals surface area contributed by atoms with Crippen LogP contribution in [0.1, 0.15) is 5.56 Å². The number of hydrogen-bond donors (Lipinski definition) is 0. The molecule has 1 aromatic carbocycles. The number of rotatable bonds is 1. The predicted molar refractivity (Wildman–Crippen MR) is 58.3 cm³/mol. The standard InChI is InChI=1S/C7H5BrINO2/c1-4-6(9)2-5(8)3-7(4)10(11)12/h2-3H,1H3. The first-order valence-corrected chi connectivity index (χ1v) is 4.99. The fourth-order valence-corrected chi connectivity index (χ4v) is 2.31. The molecule has 0 fully saturated rings. The lowest BCUT2D eigenvalue weighted by atomic mass is 10.2. The van der Waals surface area contributed by atoms with Crippen LogP contribution in [0.5, 0.6) is 0 Å². The second-order valence-electron chi connectivity index (χ2n) is 2.29. The van der Waals surface area contributed by atoms with E-state index in [9.17, 15) is 10.1 Å². The summed E-state index contributed by atoms with van der Waals surface area (Å²) < 4.78 is 1.64. The Morgan fingerprint density at radius 1 is 1.58 bits per heavy atom. The van der Waals surface area contributed by atoms with Crippen LogP contribution in [0.3, 0.4) is 0 Å². The second kappa shape index (κ2) is 3.69. The zero-order valence-electron chi connectivity index (χ0n) is 6.17. The Morgan fingerprint density at radius 3 is 2.67 bits per heavy atom. The summed E-state index contributed by atoms with van der Waals surface area (Å²) in [6.45, 7) is 1.74. The molecule has 0 unspecified atom stereocenters. The SMILES string of the molecule is Cc1c(I)cc(Br)cc1[N+](=O)[O-]. The van der Waals surface area contributed by atoms with E-state index < -0.39 is 0 Å². The van der Waals surface area contributed by atoms with Crippen LogP contribution in [-0.4, -0.2) is 4.92 Å². The van der Waals surface area contributed by atoms with E-state index in [1.54, 1.807) is 6.92 Å². The van der Waals surface area contributed by atoms with Gasteiger partial charge in [0.05, 0.1) is 4.92 Å². The lowest BCUT2D eigenvalue weighted by Gasteiger charge is -2.00. The van der Waals surface area contributed by atoms with Gasteiger partial charge in [0.15, 0.2) is 0 Å². The van der Waals surface area contributed by atoms with Gasteiger partial charge in [0.25, 0.3) is 5.69 Å². The van der Waals surface area contributed by atoms with Crippen LogP contribution in [0.15, 0.2) is 16.6 Å². The van der Waals surface area contributed by atoms with Gasteiger partial charge < -0.3 is 0 Å². The van der Waals surface area contributed by atoms with Gasteiger partial charge in [0.2, 0.25) is 0 Å². The number of nitro benzene ring substituents is 1. The van der Waals surface area contributed by atoms with Crippen molar-refractivity contribution in [2.45, 2.75) is 6.92 Å². The Hall–Kier alpha value is -0.170. The molecule has 0 saturated carbocycles. The first-order valence-electron chi connectivity index (χ1n) is 3.12. The van der Waals surface area contributed by atoms with Crippen LogP contribution >= 0.6 is 38.5 Å².